The molecular weight excluding hydrogens is 274 g/mol. The molecule has 0 aromatic heterocycles. The minimum atomic E-state index is -0.469. The van der Waals surface area contributed by atoms with Gasteiger partial charge in [-0.2, -0.15) is 0 Å². The van der Waals surface area contributed by atoms with Gasteiger partial charge in [0.2, 0.25) is 5.91 Å². The lowest BCUT2D eigenvalue weighted by Gasteiger charge is -2.11. The summed E-state index contributed by atoms with van der Waals surface area (Å²) in [5.74, 6) is 0.460. The Labute approximate surface area is 125 Å². The molecule has 0 unspecified atom stereocenters. The number of benzene rings is 1. The Bertz CT molecular complexity index is 459. The summed E-state index contributed by atoms with van der Waals surface area (Å²) in [5.41, 5.74) is 5.62. The number of esters is 1. The van der Waals surface area contributed by atoms with Crippen LogP contribution in [0.5, 0.6) is 11.5 Å². The van der Waals surface area contributed by atoms with Crippen LogP contribution in [-0.4, -0.2) is 32.7 Å². The van der Waals surface area contributed by atoms with Crippen molar-refractivity contribution in [2.45, 2.75) is 26.7 Å². The number of primary amides is 1. The third kappa shape index (κ3) is 7.81. The molecule has 6 nitrogen and oxygen atoms in total. The molecule has 118 valence electrons. The van der Waals surface area contributed by atoms with E-state index in [1.54, 1.807) is 25.3 Å². The summed E-state index contributed by atoms with van der Waals surface area (Å²) in [4.78, 5) is 20.6. The van der Waals surface area contributed by atoms with Crippen molar-refractivity contribution in [3.8, 4) is 11.5 Å². The summed E-state index contributed by atoms with van der Waals surface area (Å²) in [7, 11) is 2.91. The fourth-order valence-corrected chi connectivity index (χ4v) is 1.27. The second-order valence-electron chi connectivity index (χ2n) is 4.13. The number of methoxy groups -OCH3 is 2. The van der Waals surface area contributed by atoms with Gasteiger partial charge in [0.15, 0.2) is 11.5 Å². The molecule has 1 aromatic carbocycles. The van der Waals surface area contributed by atoms with Crippen LogP contribution < -0.4 is 15.2 Å². The van der Waals surface area contributed by atoms with E-state index in [0.29, 0.717) is 23.7 Å². The van der Waals surface area contributed by atoms with Crippen LogP contribution >= 0.6 is 0 Å². The summed E-state index contributed by atoms with van der Waals surface area (Å²) in [6.45, 7) is 4.05. The van der Waals surface area contributed by atoms with E-state index < -0.39 is 5.91 Å². The van der Waals surface area contributed by atoms with Crippen molar-refractivity contribution in [3.05, 3.63) is 23.8 Å². The third-order valence-corrected chi connectivity index (χ3v) is 2.49. The van der Waals surface area contributed by atoms with Gasteiger partial charge in [0, 0.05) is 12.5 Å². The highest BCUT2D eigenvalue weighted by molar-refractivity contribution is 5.93. The molecule has 1 rings (SSSR count). The Balaban J connectivity index is 0.000000690. The second-order valence-corrected chi connectivity index (χ2v) is 4.13. The van der Waals surface area contributed by atoms with Crippen LogP contribution in [0.1, 0.15) is 37.0 Å². The van der Waals surface area contributed by atoms with Crippen LogP contribution in [-0.2, 0) is 9.53 Å². The molecule has 2 N–H and O–H groups in total. The molecule has 0 saturated heterocycles. The molecule has 0 aliphatic carbocycles. The van der Waals surface area contributed by atoms with Gasteiger partial charge in [-0.05, 0) is 24.6 Å². The number of amides is 1. The molecule has 6 heteroatoms. The van der Waals surface area contributed by atoms with Gasteiger partial charge in [0.1, 0.15) is 0 Å². The fraction of sp³-hybridized carbons (Fsp3) is 0.467. The first-order chi connectivity index (χ1) is 9.96. The number of carbonyl (C=O) groups excluding carboxylic acids is 2. The summed E-state index contributed by atoms with van der Waals surface area (Å²) in [6.07, 6.45) is 2.02. The highest BCUT2D eigenvalue weighted by Crippen LogP contribution is 2.28. The normalized spacial score (nSPS) is 9.14. The van der Waals surface area contributed by atoms with Crippen molar-refractivity contribution < 1.29 is 23.8 Å². The van der Waals surface area contributed by atoms with Gasteiger partial charge in [-0.1, -0.05) is 13.3 Å². The van der Waals surface area contributed by atoms with Crippen molar-refractivity contribution >= 4 is 11.9 Å². The minimum absolute atomic E-state index is 0.245. The van der Waals surface area contributed by atoms with E-state index in [0.717, 1.165) is 12.8 Å². The minimum Gasteiger partial charge on any atom is -0.493 e. The van der Waals surface area contributed by atoms with Crippen molar-refractivity contribution in [3.63, 3.8) is 0 Å². The maximum absolute atomic E-state index is 11.0. The Morgan fingerprint density at radius 3 is 2.24 bits per heavy atom. The molecule has 0 heterocycles. The van der Waals surface area contributed by atoms with E-state index in [2.05, 4.69) is 11.7 Å². The largest absolute Gasteiger partial charge is 0.493 e. The van der Waals surface area contributed by atoms with Crippen molar-refractivity contribution in [1.29, 1.82) is 0 Å². The van der Waals surface area contributed by atoms with E-state index in [1.807, 2.05) is 0 Å². The van der Waals surface area contributed by atoms with Crippen LogP contribution in [0.15, 0.2) is 18.2 Å². The van der Waals surface area contributed by atoms with E-state index in [4.69, 9.17) is 15.2 Å². The zero-order chi connectivity index (χ0) is 16.3. The third-order valence-electron chi connectivity index (χ3n) is 2.49. The molecule has 0 atom stereocenters. The van der Waals surface area contributed by atoms with Crippen LogP contribution in [0.25, 0.3) is 0 Å². The lowest BCUT2D eigenvalue weighted by Crippen LogP contribution is -2.11. The van der Waals surface area contributed by atoms with Gasteiger partial charge in [0.25, 0.3) is 0 Å². The maximum Gasteiger partial charge on any atom is 0.302 e. The molecule has 1 amide bonds. The number of rotatable bonds is 6. The van der Waals surface area contributed by atoms with Gasteiger partial charge in [-0.15, -0.1) is 0 Å². The SMILES string of the molecule is CCCCOc1cc(C(N)=O)ccc1OC.COC(C)=O. The van der Waals surface area contributed by atoms with E-state index in [1.165, 1.54) is 14.0 Å². The number of ether oxygens (including phenoxy) is 3. The first-order valence-corrected chi connectivity index (χ1v) is 6.61. The molecule has 0 radical (unpaired) electrons. The monoisotopic (exact) mass is 297 g/mol. The number of nitrogens with two attached hydrogens (primary N) is 1. The van der Waals surface area contributed by atoms with Gasteiger partial charge >= 0.3 is 5.97 Å². The van der Waals surface area contributed by atoms with Crippen molar-refractivity contribution in [1.82, 2.24) is 0 Å². The smallest absolute Gasteiger partial charge is 0.302 e. The van der Waals surface area contributed by atoms with Crippen LogP contribution in [0.2, 0.25) is 0 Å². The lowest BCUT2D eigenvalue weighted by atomic mass is 10.2. The predicted octanol–water partition coefficient (Wildman–Crippen LogP) is 2.15. The zero-order valence-electron chi connectivity index (χ0n) is 13.0. The number of hydrogen-bond acceptors (Lipinski definition) is 5. The van der Waals surface area contributed by atoms with Crippen LogP contribution in [0.3, 0.4) is 0 Å². The summed E-state index contributed by atoms with van der Waals surface area (Å²) < 4.78 is 14.8. The average Bonchev–Trinajstić information content (AvgIpc) is 2.47. The Morgan fingerprint density at radius 1 is 1.19 bits per heavy atom. The number of hydrogen-bond donors (Lipinski definition) is 1. The summed E-state index contributed by atoms with van der Waals surface area (Å²) >= 11 is 0. The molecule has 0 fully saturated rings. The van der Waals surface area contributed by atoms with E-state index >= 15 is 0 Å². The molecular formula is C15H23NO5. The lowest BCUT2D eigenvalue weighted by molar-refractivity contribution is -0.137. The highest BCUT2D eigenvalue weighted by atomic mass is 16.5. The fourth-order valence-electron chi connectivity index (χ4n) is 1.27. The molecule has 0 saturated carbocycles. The van der Waals surface area contributed by atoms with Gasteiger partial charge in [-0.3, -0.25) is 9.59 Å². The Hall–Kier alpha value is -2.24. The molecule has 0 aliphatic heterocycles. The van der Waals surface area contributed by atoms with Crippen molar-refractivity contribution in [2.75, 3.05) is 20.8 Å². The van der Waals surface area contributed by atoms with Gasteiger partial charge in [0.05, 0.1) is 20.8 Å². The molecule has 0 bridgehead atoms. The molecule has 0 spiro atoms. The summed E-state index contributed by atoms with van der Waals surface area (Å²) in [6, 6.07) is 4.91. The summed E-state index contributed by atoms with van der Waals surface area (Å²) in [5, 5.41) is 0. The number of unbranched alkanes of at least 4 members (excludes halogenated alkanes) is 1. The van der Waals surface area contributed by atoms with Gasteiger partial charge < -0.3 is 19.9 Å². The highest BCUT2D eigenvalue weighted by Gasteiger charge is 2.08. The van der Waals surface area contributed by atoms with Crippen molar-refractivity contribution in [2.24, 2.45) is 5.73 Å². The molecule has 21 heavy (non-hydrogen) atoms. The van der Waals surface area contributed by atoms with Crippen LogP contribution in [0.4, 0.5) is 0 Å². The predicted molar refractivity (Wildman–Crippen MR) is 79.6 cm³/mol. The molecule has 1 aromatic rings. The standard InChI is InChI=1S/C12H17NO3.C3H6O2/c1-3-4-7-16-11-8-9(12(13)14)5-6-10(11)15-2;1-3(4)5-2/h5-6,8H,3-4,7H2,1-2H3,(H2,13,14);1-2H3. The van der Waals surface area contributed by atoms with Crippen LogP contribution in [0, 0.1) is 0 Å². The Kier molecular flexibility index (Phi) is 9.41. The maximum atomic E-state index is 11.0. The molecule has 0 aliphatic rings. The average molecular weight is 297 g/mol. The van der Waals surface area contributed by atoms with E-state index in [-0.39, 0.29) is 5.97 Å². The zero-order valence-corrected chi connectivity index (χ0v) is 13.0. The van der Waals surface area contributed by atoms with Gasteiger partial charge in [-0.25, -0.2) is 0 Å². The topological polar surface area (TPSA) is 87.8 Å². The first-order valence-electron chi connectivity index (χ1n) is 6.61. The number of carbonyl (C=O) groups is 2. The Morgan fingerprint density at radius 2 is 1.81 bits per heavy atom. The quantitative estimate of drug-likeness (QED) is 0.642. The van der Waals surface area contributed by atoms with E-state index in [9.17, 15) is 9.59 Å². The first kappa shape index (κ1) is 18.8. The second kappa shape index (κ2) is 10.5.